The average molecular weight is 341 g/mol. The molecular weight excluding hydrogens is 320 g/mol. The van der Waals surface area contributed by atoms with Gasteiger partial charge < -0.3 is 4.74 Å². The molecule has 124 valence electrons. The topological polar surface area (TPSA) is 35.0 Å². The number of rotatable bonds is 7. The van der Waals surface area contributed by atoms with Crippen molar-refractivity contribution in [2.45, 2.75) is 20.3 Å². The molecule has 0 unspecified atom stereocenters. The van der Waals surface area contributed by atoms with Gasteiger partial charge in [0, 0.05) is 22.7 Å². The van der Waals surface area contributed by atoms with Gasteiger partial charge in [-0.3, -0.25) is 0 Å². The van der Waals surface area contributed by atoms with Gasteiger partial charge in [0.25, 0.3) is 0 Å². The van der Waals surface area contributed by atoms with Gasteiger partial charge in [0.2, 0.25) is 5.88 Å². The maximum absolute atomic E-state index is 6.29. The van der Waals surface area contributed by atoms with Gasteiger partial charge in [0.1, 0.15) is 12.4 Å². The van der Waals surface area contributed by atoms with Gasteiger partial charge in [-0.05, 0) is 31.1 Å². The standard InChI is InChI=1S/C20H21ClN2O/c1-5-9-16(6-2)13-24-20-18(14(3)22-15(4)23-20)12-17-10-7-8-11-19(17)21/h5-11H,1-2,12-13H2,3-4H3/b16-9+. The van der Waals surface area contributed by atoms with Crippen molar-refractivity contribution in [3.05, 3.63) is 88.9 Å². The molecule has 0 N–H and O–H groups in total. The molecular formula is C20H21ClN2O. The fraction of sp³-hybridized carbons (Fsp3) is 0.200. The van der Waals surface area contributed by atoms with Crippen molar-refractivity contribution in [2.75, 3.05) is 6.61 Å². The predicted molar refractivity (Wildman–Crippen MR) is 99.7 cm³/mol. The van der Waals surface area contributed by atoms with Crippen LogP contribution in [0.25, 0.3) is 0 Å². The maximum atomic E-state index is 6.29. The summed E-state index contributed by atoms with van der Waals surface area (Å²) in [6, 6.07) is 7.76. The zero-order valence-corrected chi connectivity index (χ0v) is 14.8. The third-order valence-electron chi connectivity index (χ3n) is 3.58. The van der Waals surface area contributed by atoms with Crippen molar-refractivity contribution >= 4 is 11.6 Å². The molecule has 0 atom stereocenters. The highest BCUT2D eigenvalue weighted by atomic mass is 35.5. The highest BCUT2D eigenvalue weighted by molar-refractivity contribution is 6.31. The molecule has 0 aliphatic carbocycles. The molecule has 0 saturated carbocycles. The van der Waals surface area contributed by atoms with Gasteiger partial charge in [0.15, 0.2) is 0 Å². The Morgan fingerprint density at radius 1 is 1.21 bits per heavy atom. The van der Waals surface area contributed by atoms with Crippen LogP contribution in [0.5, 0.6) is 5.88 Å². The van der Waals surface area contributed by atoms with E-state index >= 15 is 0 Å². The Labute approximate surface area is 148 Å². The van der Waals surface area contributed by atoms with Crippen molar-refractivity contribution in [1.29, 1.82) is 0 Å². The van der Waals surface area contributed by atoms with Gasteiger partial charge >= 0.3 is 0 Å². The SMILES string of the molecule is C=C/C=C(\C=C)COc1nc(C)nc(C)c1Cc1ccccc1Cl. The molecule has 0 spiro atoms. The molecule has 0 radical (unpaired) electrons. The Morgan fingerprint density at radius 3 is 2.62 bits per heavy atom. The van der Waals surface area contributed by atoms with E-state index < -0.39 is 0 Å². The lowest BCUT2D eigenvalue weighted by Crippen LogP contribution is -2.08. The Hall–Kier alpha value is -2.39. The van der Waals surface area contributed by atoms with Crippen LogP contribution in [0.1, 0.15) is 22.6 Å². The van der Waals surface area contributed by atoms with Crippen LogP contribution in [-0.4, -0.2) is 16.6 Å². The van der Waals surface area contributed by atoms with Crippen LogP contribution in [0, 0.1) is 13.8 Å². The van der Waals surface area contributed by atoms with Gasteiger partial charge in [-0.15, -0.1) is 0 Å². The van der Waals surface area contributed by atoms with Crippen molar-refractivity contribution in [3.63, 3.8) is 0 Å². The molecule has 2 aromatic rings. The summed E-state index contributed by atoms with van der Waals surface area (Å²) in [5.41, 5.74) is 3.79. The van der Waals surface area contributed by atoms with Crippen LogP contribution < -0.4 is 4.74 Å². The first-order chi connectivity index (χ1) is 11.5. The summed E-state index contributed by atoms with van der Waals surface area (Å²) in [6.07, 6.45) is 5.94. The van der Waals surface area contributed by atoms with E-state index in [1.165, 1.54) is 0 Å². The van der Waals surface area contributed by atoms with Crippen LogP contribution >= 0.6 is 11.6 Å². The number of benzene rings is 1. The first-order valence-corrected chi connectivity index (χ1v) is 8.07. The van der Waals surface area contributed by atoms with Crippen LogP contribution in [0.2, 0.25) is 5.02 Å². The van der Waals surface area contributed by atoms with Crippen LogP contribution in [0.15, 0.2) is 61.2 Å². The molecule has 4 heteroatoms. The fourth-order valence-electron chi connectivity index (χ4n) is 2.34. The molecule has 0 saturated heterocycles. The lowest BCUT2D eigenvalue weighted by Gasteiger charge is -2.14. The van der Waals surface area contributed by atoms with Gasteiger partial charge in [0.05, 0.1) is 0 Å². The number of halogens is 1. The third kappa shape index (κ3) is 4.56. The number of nitrogens with zero attached hydrogens (tertiary/aromatic N) is 2. The van der Waals surface area contributed by atoms with E-state index in [4.69, 9.17) is 16.3 Å². The summed E-state index contributed by atoms with van der Waals surface area (Å²) < 4.78 is 5.93. The average Bonchev–Trinajstić information content (AvgIpc) is 2.55. The first kappa shape index (κ1) is 18.0. The summed E-state index contributed by atoms with van der Waals surface area (Å²) in [5.74, 6) is 1.26. The zero-order chi connectivity index (χ0) is 17.5. The quantitative estimate of drug-likeness (QED) is 0.664. The third-order valence-corrected chi connectivity index (χ3v) is 3.95. The number of aryl methyl sites for hydroxylation is 2. The molecule has 0 bridgehead atoms. The molecule has 0 aliphatic heterocycles. The van der Waals surface area contributed by atoms with Crippen LogP contribution in [0.4, 0.5) is 0 Å². The minimum absolute atomic E-state index is 0.376. The monoisotopic (exact) mass is 340 g/mol. The summed E-state index contributed by atoms with van der Waals surface area (Å²) in [4.78, 5) is 8.92. The molecule has 1 aromatic heterocycles. The highest BCUT2D eigenvalue weighted by Crippen LogP contribution is 2.26. The first-order valence-electron chi connectivity index (χ1n) is 7.69. The van der Waals surface area contributed by atoms with E-state index in [1.807, 2.05) is 44.2 Å². The van der Waals surface area contributed by atoms with Crippen molar-refractivity contribution in [2.24, 2.45) is 0 Å². The second-order valence-corrected chi connectivity index (χ2v) is 5.79. The molecule has 0 amide bonds. The second-order valence-electron chi connectivity index (χ2n) is 5.38. The fourth-order valence-corrected chi connectivity index (χ4v) is 2.54. The summed E-state index contributed by atoms with van der Waals surface area (Å²) >= 11 is 6.29. The number of aromatic nitrogens is 2. The van der Waals surface area contributed by atoms with Crippen LogP contribution in [-0.2, 0) is 6.42 Å². The molecule has 24 heavy (non-hydrogen) atoms. The van der Waals surface area contributed by atoms with E-state index in [2.05, 4.69) is 23.1 Å². The number of hydrogen-bond acceptors (Lipinski definition) is 3. The summed E-state index contributed by atoms with van der Waals surface area (Å²) in [7, 11) is 0. The summed E-state index contributed by atoms with van der Waals surface area (Å²) in [6.45, 7) is 11.7. The normalized spacial score (nSPS) is 11.2. The molecule has 1 heterocycles. The largest absolute Gasteiger partial charge is 0.472 e. The van der Waals surface area contributed by atoms with Crippen LogP contribution in [0.3, 0.4) is 0 Å². The Balaban J connectivity index is 2.33. The van der Waals surface area contributed by atoms with Crippen molar-refractivity contribution in [1.82, 2.24) is 9.97 Å². The second kappa shape index (κ2) is 8.46. The lowest BCUT2D eigenvalue weighted by molar-refractivity contribution is 0.335. The number of hydrogen-bond donors (Lipinski definition) is 0. The molecule has 0 fully saturated rings. The Kier molecular flexibility index (Phi) is 6.33. The predicted octanol–water partition coefficient (Wildman–Crippen LogP) is 5.01. The summed E-state index contributed by atoms with van der Waals surface area (Å²) in [5, 5.41) is 0.724. The highest BCUT2D eigenvalue weighted by Gasteiger charge is 2.14. The van der Waals surface area contributed by atoms with E-state index in [-0.39, 0.29) is 0 Å². The maximum Gasteiger partial charge on any atom is 0.220 e. The van der Waals surface area contributed by atoms with Crippen molar-refractivity contribution in [3.8, 4) is 5.88 Å². The van der Waals surface area contributed by atoms with Gasteiger partial charge in [-0.1, -0.05) is 61.2 Å². The van der Waals surface area contributed by atoms with E-state index in [9.17, 15) is 0 Å². The van der Waals surface area contributed by atoms with E-state index in [0.29, 0.717) is 24.7 Å². The lowest BCUT2D eigenvalue weighted by atomic mass is 10.0. The smallest absolute Gasteiger partial charge is 0.220 e. The number of ether oxygens (including phenoxy) is 1. The minimum Gasteiger partial charge on any atom is -0.472 e. The Morgan fingerprint density at radius 2 is 1.96 bits per heavy atom. The van der Waals surface area contributed by atoms with Gasteiger partial charge in [-0.25, -0.2) is 4.98 Å². The molecule has 2 rings (SSSR count). The molecule has 1 aromatic carbocycles. The van der Waals surface area contributed by atoms with E-state index in [0.717, 1.165) is 27.4 Å². The Bertz CT molecular complexity index is 781. The minimum atomic E-state index is 0.376. The zero-order valence-electron chi connectivity index (χ0n) is 14.1. The van der Waals surface area contributed by atoms with Gasteiger partial charge in [-0.2, -0.15) is 4.98 Å². The van der Waals surface area contributed by atoms with Crippen molar-refractivity contribution < 1.29 is 4.74 Å². The molecule has 0 aliphatic rings. The molecule has 3 nitrogen and oxygen atoms in total. The van der Waals surface area contributed by atoms with E-state index in [1.54, 1.807) is 12.2 Å². The number of allylic oxidation sites excluding steroid dienone is 2.